The number of aromatic nitrogens is 2. The van der Waals surface area contributed by atoms with Crippen LogP contribution in [0.1, 0.15) is 50.5 Å². The Hall–Kier alpha value is -1.78. The zero-order valence-electron chi connectivity index (χ0n) is 15.5. The van der Waals surface area contributed by atoms with Crippen molar-refractivity contribution in [3.05, 3.63) is 18.1 Å². The number of carbonyl (C=O) groups excluding carboxylic acids is 1. The molecule has 1 aliphatic heterocycles. The first-order valence-corrected chi connectivity index (χ1v) is 9.03. The molecule has 27 heavy (non-hydrogen) atoms. The van der Waals surface area contributed by atoms with E-state index in [0.29, 0.717) is 24.3 Å². The molecule has 1 atom stereocenters. The van der Waals surface area contributed by atoms with E-state index in [9.17, 15) is 9.59 Å². The summed E-state index contributed by atoms with van der Waals surface area (Å²) in [5, 5.41) is 8.91. The maximum absolute atomic E-state index is 12.5. The summed E-state index contributed by atoms with van der Waals surface area (Å²) < 4.78 is 5.55. The van der Waals surface area contributed by atoms with E-state index in [1.54, 1.807) is 0 Å². The van der Waals surface area contributed by atoms with Gasteiger partial charge in [-0.2, -0.15) is 0 Å². The van der Waals surface area contributed by atoms with Gasteiger partial charge in [-0.05, 0) is 46.0 Å². The van der Waals surface area contributed by atoms with Crippen LogP contribution in [-0.2, 0) is 4.74 Å². The Bertz CT molecular complexity index is 673. The molecular formula is C18H27LiN4O4. The van der Waals surface area contributed by atoms with Crippen LogP contribution in [0.15, 0.2) is 12.4 Å². The molecular weight excluding hydrogens is 343 g/mol. The van der Waals surface area contributed by atoms with Crippen molar-refractivity contribution in [2.75, 3.05) is 24.5 Å². The molecule has 1 N–H and O–H groups in total. The van der Waals surface area contributed by atoms with Gasteiger partial charge in [0.1, 0.15) is 11.4 Å². The minimum absolute atomic E-state index is 0. The molecule has 144 valence electrons. The molecule has 1 aromatic heterocycles. The Balaban J connectivity index is 0.00000261. The molecule has 0 radical (unpaired) electrons. The zero-order chi connectivity index (χ0) is 18.9. The van der Waals surface area contributed by atoms with Crippen LogP contribution in [0.2, 0.25) is 0 Å². The van der Waals surface area contributed by atoms with Gasteiger partial charge < -0.3 is 19.6 Å². The van der Waals surface area contributed by atoms with E-state index in [2.05, 4.69) is 14.9 Å². The van der Waals surface area contributed by atoms with E-state index in [4.69, 9.17) is 9.84 Å². The summed E-state index contributed by atoms with van der Waals surface area (Å²) in [7, 11) is 0. The second-order valence-electron chi connectivity index (χ2n) is 8.03. The van der Waals surface area contributed by atoms with Crippen molar-refractivity contribution < 1.29 is 19.4 Å². The van der Waals surface area contributed by atoms with E-state index in [1.807, 2.05) is 25.7 Å². The number of hydrogen-bond acceptors (Lipinski definition) is 6. The first kappa shape index (κ1) is 21.5. The van der Waals surface area contributed by atoms with Crippen molar-refractivity contribution in [2.45, 2.75) is 51.7 Å². The van der Waals surface area contributed by atoms with Crippen molar-refractivity contribution in [3.8, 4) is 0 Å². The summed E-state index contributed by atoms with van der Waals surface area (Å²) in [6, 6.07) is 0.300. The van der Waals surface area contributed by atoms with Gasteiger partial charge in [0.2, 0.25) is 0 Å². The van der Waals surface area contributed by atoms with Gasteiger partial charge >= 0.3 is 30.9 Å². The van der Waals surface area contributed by atoms with E-state index < -0.39 is 11.6 Å². The summed E-state index contributed by atoms with van der Waals surface area (Å²) in [5.74, 6) is -0.0717. The number of amides is 1. The van der Waals surface area contributed by atoms with E-state index in [1.165, 1.54) is 12.4 Å². The maximum atomic E-state index is 12.5. The van der Waals surface area contributed by atoms with Gasteiger partial charge in [-0.1, -0.05) is 0 Å². The molecule has 1 aliphatic carbocycles. The summed E-state index contributed by atoms with van der Waals surface area (Å²) in [6.45, 7) is 7.91. The topological polar surface area (TPSA) is 95.9 Å². The molecule has 3 rings (SSSR count). The van der Waals surface area contributed by atoms with Crippen LogP contribution in [0.25, 0.3) is 0 Å². The minimum atomic E-state index is -1.08. The van der Waals surface area contributed by atoms with Gasteiger partial charge in [-0.15, -0.1) is 0 Å². The molecule has 1 saturated carbocycles. The molecule has 2 aliphatic rings. The second-order valence-corrected chi connectivity index (χ2v) is 8.03. The monoisotopic (exact) mass is 370 g/mol. The molecule has 2 heterocycles. The number of carbonyl (C=O) groups is 2. The predicted molar refractivity (Wildman–Crippen MR) is 102 cm³/mol. The fourth-order valence-electron chi connectivity index (χ4n) is 3.14. The van der Waals surface area contributed by atoms with Crippen LogP contribution in [0.5, 0.6) is 0 Å². The van der Waals surface area contributed by atoms with Crippen molar-refractivity contribution in [1.29, 1.82) is 0 Å². The summed E-state index contributed by atoms with van der Waals surface area (Å²) in [6.07, 6.45) is 5.58. The SMILES string of the molecule is CC(C)(C)OC(=O)N(C[C@H]1CCN(c2cnc(C(=O)O)cn2)C1)C1CC1.[LiH]. The Kier molecular flexibility index (Phi) is 6.76. The molecule has 2 fully saturated rings. The molecule has 9 heteroatoms. The molecule has 0 unspecified atom stereocenters. The third kappa shape index (κ3) is 5.85. The zero-order valence-corrected chi connectivity index (χ0v) is 15.5. The molecule has 0 aromatic carbocycles. The first-order valence-electron chi connectivity index (χ1n) is 9.03. The van der Waals surface area contributed by atoms with E-state index >= 15 is 0 Å². The third-order valence-electron chi connectivity index (χ3n) is 4.54. The number of anilines is 1. The van der Waals surface area contributed by atoms with Crippen LogP contribution >= 0.6 is 0 Å². The van der Waals surface area contributed by atoms with Gasteiger partial charge in [0.15, 0.2) is 5.69 Å². The average molecular weight is 370 g/mol. The molecule has 1 amide bonds. The average Bonchev–Trinajstić information content (AvgIpc) is 3.29. The molecule has 0 bridgehead atoms. The standard InChI is InChI=1S/C18H26N4O4.Li.H/c1-18(2,3)26-17(25)22(13-4-5-13)11-12-6-7-21(10-12)15-9-19-14(8-20-15)16(23)24;;/h8-9,12-13H,4-7,10-11H2,1-3H3,(H,23,24);;/t12-;;/m0../s1. The molecule has 8 nitrogen and oxygen atoms in total. The number of aromatic carboxylic acids is 1. The van der Waals surface area contributed by atoms with Gasteiger partial charge in [-0.3, -0.25) is 0 Å². The van der Waals surface area contributed by atoms with E-state index in [-0.39, 0.29) is 30.6 Å². The number of carboxylic acids is 1. The van der Waals surface area contributed by atoms with Gasteiger partial charge in [0, 0.05) is 25.7 Å². The van der Waals surface area contributed by atoms with Gasteiger partial charge in [0.05, 0.1) is 12.4 Å². The Labute approximate surface area is 171 Å². The van der Waals surface area contributed by atoms with E-state index in [0.717, 1.165) is 32.4 Å². The third-order valence-corrected chi connectivity index (χ3v) is 4.54. The molecule has 1 aromatic rings. The number of ether oxygens (including phenoxy) is 1. The quantitative estimate of drug-likeness (QED) is 0.789. The van der Waals surface area contributed by atoms with Crippen LogP contribution in [0.4, 0.5) is 10.6 Å². The fourth-order valence-corrected chi connectivity index (χ4v) is 3.14. The van der Waals surface area contributed by atoms with Crippen LogP contribution < -0.4 is 4.90 Å². The normalized spacial score (nSPS) is 19.4. The van der Waals surface area contributed by atoms with Gasteiger partial charge in [0.25, 0.3) is 0 Å². The number of nitrogens with zero attached hydrogens (tertiary/aromatic N) is 4. The van der Waals surface area contributed by atoms with Crippen molar-refractivity contribution in [2.24, 2.45) is 5.92 Å². The summed E-state index contributed by atoms with van der Waals surface area (Å²) in [4.78, 5) is 35.5. The molecule has 0 spiro atoms. The van der Waals surface area contributed by atoms with Crippen molar-refractivity contribution in [3.63, 3.8) is 0 Å². The van der Waals surface area contributed by atoms with Crippen LogP contribution in [-0.4, -0.2) is 82.2 Å². The van der Waals surface area contributed by atoms with Crippen LogP contribution in [0.3, 0.4) is 0 Å². The summed E-state index contributed by atoms with van der Waals surface area (Å²) in [5.41, 5.74) is -0.553. The summed E-state index contributed by atoms with van der Waals surface area (Å²) >= 11 is 0. The van der Waals surface area contributed by atoms with Crippen LogP contribution in [0, 0.1) is 5.92 Å². The first-order chi connectivity index (χ1) is 12.2. The predicted octanol–water partition coefficient (Wildman–Crippen LogP) is 1.75. The molecule has 1 saturated heterocycles. The number of carboxylic acid groups (broad SMARTS) is 1. The number of rotatable bonds is 5. The Morgan fingerprint density at radius 2 is 1.96 bits per heavy atom. The number of hydrogen-bond donors (Lipinski definition) is 1. The van der Waals surface area contributed by atoms with Crippen molar-refractivity contribution in [1.82, 2.24) is 14.9 Å². The van der Waals surface area contributed by atoms with Crippen molar-refractivity contribution >= 4 is 36.7 Å². The Morgan fingerprint density at radius 3 is 2.48 bits per heavy atom. The fraction of sp³-hybridized carbons (Fsp3) is 0.667. The Morgan fingerprint density at radius 1 is 1.26 bits per heavy atom. The second kappa shape index (κ2) is 8.49. The van der Waals surface area contributed by atoms with Gasteiger partial charge in [-0.25, -0.2) is 19.6 Å².